The molecule has 0 aromatic heterocycles. The van der Waals surface area contributed by atoms with E-state index < -0.39 is 0 Å². The lowest BCUT2D eigenvalue weighted by molar-refractivity contribution is 0.265. The van der Waals surface area contributed by atoms with Crippen molar-refractivity contribution < 1.29 is 9.47 Å². The lowest BCUT2D eigenvalue weighted by atomic mass is 10.1. The smallest absolute Gasteiger partial charge is 0.166 e. The molecular formula is C21H26ClNO2. The second-order valence-electron chi connectivity index (χ2n) is 6.45. The molecule has 0 spiro atoms. The van der Waals surface area contributed by atoms with Gasteiger partial charge in [0.05, 0.1) is 6.61 Å². The summed E-state index contributed by atoms with van der Waals surface area (Å²) in [5.41, 5.74) is 2.23. The molecule has 0 bridgehead atoms. The molecule has 3 nitrogen and oxygen atoms in total. The summed E-state index contributed by atoms with van der Waals surface area (Å²) in [6.07, 6.45) is 5.20. The van der Waals surface area contributed by atoms with Crippen LogP contribution in [0.1, 0.15) is 43.7 Å². The Morgan fingerprint density at radius 1 is 1.04 bits per heavy atom. The van der Waals surface area contributed by atoms with E-state index in [0.29, 0.717) is 19.3 Å². The van der Waals surface area contributed by atoms with E-state index in [0.717, 1.165) is 34.2 Å². The Kier molecular flexibility index (Phi) is 6.60. The summed E-state index contributed by atoms with van der Waals surface area (Å²) < 4.78 is 11.9. The molecule has 1 N–H and O–H groups in total. The third kappa shape index (κ3) is 5.13. The van der Waals surface area contributed by atoms with Gasteiger partial charge < -0.3 is 14.8 Å². The van der Waals surface area contributed by atoms with Gasteiger partial charge in [0.25, 0.3) is 0 Å². The lowest BCUT2D eigenvalue weighted by Crippen LogP contribution is -2.25. The van der Waals surface area contributed by atoms with E-state index in [1.165, 1.54) is 25.7 Å². The first-order chi connectivity index (χ1) is 12.3. The van der Waals surface area contributed by atoms with Crippen molar-refractivity contribution in [2.45, 2.75) is 51.8 Å². The van der Waals surface area contributed by atoms with Gasteiger partial charge in [0.2, 0.25) is 0 Å². The standard InChI is InChI=1S/C21H26ClNO2/c1-2-24-20-9-5-6-17(14-23-19-7-3-4-8-19)21(20)25-15-16-10-12-18(22)13-11-16/h5-6,9-13,19,23H,2-4,7-8,14-15H2,1H3. The molecule has 0 unspecified atom stereocenters. The van der Waals surface area contributed by atoms with Crippen LogP contribution in [-0.4, -0.2) is 12.6 Å². The Balaban J connectivity index is 1.72. The minimum Gasteiger partial charge on any atom is -0.490 e. The quantitative estimate of drug-likeness (QED) is 0.689. The Hall–Kier alpha value is -1.71. The van der Waals surface area contributed by atoms with Crippen LogP contribution < -0.4 is 14.8 Å². The van der Waals surface area contributed by atoms with E-state index in [1.807, 2.05) is 43.3 Å². The fourth-order valence-electron chi connectivity index (χ4n) is 3.25. The Labute approximate surface area is 155 Å². The minimum absolute atomic E-state index is 0.498. The van der Waals surface area contributed by atoms with Crippen molar-refractivity contribution in [2.24, 2.45) is 0 Å². The molecule has 4 heteroatoms. The average molecular weight is 360 g/mol. The zero-order chi connectivity index (χ0) is 17.5. The summed E-state index contributed by atoms with van der Waals surface area (Å²) in [6, 6.07) is 14.5. The number of hydrogen-bond donors (Lipinski definition) is 1. The third-order valence-corrected chi connectivity index (χ3v) is 4.85. The summed E-state index contributed by atoms with van der Waals surface area (Å²) in [5, 5.41) is 4.40. The van der Waals surface area contributed by atoms with E-state index in [9.17, 15) is 0 Å². The first-order valence-electron chi connectivity index (χ1n) is 9.11. The molecule has 1 fully saturated rings. The summed E-state index contributed by atoms with van der Waals surface area (Å²) in [7, 11) is 0. The summed E-state index contributed by atoms with van der Waals surface area (Å²) in [4.78, 5) is 0. The topological polar surface area (TPSA) is 30.5 Å². The molecule has 0 atom stereocenters. The Bertz CT molecular complexity index is 666. The molecule has 1 saturated carbocycles. The molecule has 3 rings (SSSR count). The maximum Gasteiger partial charge on any atom is 0.166 e. The van der Waals surface area contributed by atoms with Crippen molar-refractivity contribution in [1.29, 1.82) is 0 Å². The van der Waals surface area contributed by atoms with Crippen LogP contribution in [0.15, 0.2) is 42.5 Å². The first-order valence-corrected chi connectivity index (χ1v) is 9.49. The van der Waals surface area contributed by atoms with Gasteiger partial charge in [-0.3, -0.25) is 0 Å². The average Bonchev–Trinajstić information content (AvgIpc) is 3.14. The van der Waals surface area contributed by atoms with E-state index >= 15 is 0 Å². The molecule has 134 valence electrons. The minimum atomic E-state index is 0.498. The fraction of sp³-hybridized carbons (Fsp3) is 0.429. The fourth-order valence-corrected chi connectivity index (χ4v) is 3.38. The van der Waals surface area contributed by atoms with Crippen molar-refractivity contribution in [3.8, 4) is 11.5 Å². The van der Waals surface area contributed by atoms with Gasteiger partial charge >= 0.3 is 0 Å². The normalized spacial score (nSPS) is 14.6. The molecule has 0 amide bonds. The monoisotopic (exact) mass is 359 g/mol. The third-order valence-electron chi connectivity index (χ3n) is 4.59. The van der Waals surface area contributed by atoms with Crippen LogP contribution in [0.3, 0.4) is 0 Å². The molecule has 2 aromatic carbocycles. The molecule has 0 aliphatic heterocycles. The Morgan fingerprint density at radius 3 is 2.52 bits per heavy atom. The molecule has 2 aromatic rings. The number of nitrogens with one attached hydrogen (secondary N) is 1. The van der Waals surface area contributed by atoms with Gasteiger partial charge in [0, 0.05) is 23.2 Å². The maximum atomic E-state index is 6.15. The van der Waals surface area contributed by atoms with Crippen LogP contribution in [-0.2, 0) is 13.2 Å². The second kappa shape index (κ2) is 9.12. The van der Waals surface area contributed by atoms with Crippen molar-refractivity contribution in [1.82, 2.24) is 5.32 Å². The SMILES string of the molecule is CCOc1cccc(CNC2CCCC2)c1OCc1ccc(Cl)cc1. The zero-order valence-corrected chi connectivity index (χ0v) is 15.5. The van der Waals surface area contributed by atoms with Gasteiger partial charge in [0.15, 0.2) is 11.5 Å². The summed E-state index contributed by atoms with van der Waals surface area (Å²) >= 11 is 5.95. The lowest BCUT2D eigenvalue weighted by Gasteiger charge is -2.18. The molecule has 0 heterocycles. The largest absolute Gasteiger partial charge is 0.490 e. The highest BCUT2D eigenvalue weighted by Crippen LogP contribution is 2.32. The zero-order valence-electron chi connectivity index (χ0n) is 14.8. The van der Waals surface area contributed by atoms with Gasteiger partial charge in [-0.15, -0.1) is 0 Å². The van der Waals surface area contributed by atoms with Crippen molar-refractivity contribution in [3.63, 3.8) is 0 Å². The van der Waals surface area contributed by atoms with E-state index in [2.05, 4.69) is 11.4 Å². The Morgan fingerprint density at radius 2 is 1.80 bits per heavy atom. The van der Waals surface area contributed by atoms with E-state index in [-0.39, 0.29) is 0 Å². The van der Waals surface area contributed by atoms with E-state index in [4.69, 9.17) is 21.1 Å². The van der Waals surface area contributed by atoms with Crippen LogP contribution in [0.25, 0.3) is 0 Å². The first kappa shape index (κ1) is 18.1. The van der Waals surface area contributed by atoms with Crippen LogP contribution in [0.4, 0.5) is 0 Å². The van der Waals surface area contributed by atoms with Gasteiger partial charge in [-0.05, 0) is 43.5 Å². The van der Waals surface area contributed by atoms with Crippen molar-refractivity contribution in [3.05, 3.63) is 58.6 Å². The molecule has 1 aliphatic carbocycles. The summed E-state index contributed by atoms with van der Waals surface area (Å²) in [6.45, 7) is 3.92. The molecule has 0 radical (unpaired) electrons. The van der Waals surface area contributed by atoms with Crippen molar-refractivity contribution >= 4 is 11.6 Å². The number of rotatable bonds is 8. The second-order valence-corrected chi connectivity index (χ2v) is 6.89. The maximum absolute atomic E-state index is 6.15. The molecule has 1 aliphatic rings. The van der Waals surface area contributed by atoms with Crippen LogP contribution >= 0.6 is 11.6 Å². The number of para-hydroxylation sites is 1. The highest BCUT2D eigenvalue weighted by molar-refractivity contribution is 6.30. The number of benzene rings is 2. The molecular weight excluding hydrogens is 334 g/mol. The summed E-state index contributed by atoms with van der Waals surface area (Å²) in [5.74, 6) is 1.65. The van der Waals surface area contributed by atoms with Crippen molar-refractivity contribution in [2.75, 3.05) is 6.61 Å². The van der Waals surface area contributed by atoms with E-state index in [1.54, 1.807) is 0 Å². The van der Waals surface area contributed by atoms with Crippen LogP contribution in [0.5, 0.6) is 11.5 Å². The van der Waals surface area contributed by atoms with Gasteiger partial charge in [-0.25, -0.2) is 0 Å². The van der Waals surface area contributed by atoms with Gasteiger partial charge in [-0.2, -0.15) is 0 Å². The number of hydrogen-bond acceptors (Lipinski definition) is 3. The predicted octanol–water partition coefficient (Wildman–Crippen LogP) is 5.35. The highest BCUT2D eigenvalue weighted by Gasteiger charge is 2.16. The molecule has 0 saturated heterocycles. The number of halogens is 1. The van der Waals surface area contributed by atoms with Crippen LogP contribution in [0, 0.1) is 0 Å². The van der Waals surface area contributed by atoms with Gasteiger partial charge in [0.1, 0.15) is 6.61 Å². The van der Waals surface area contributed by atoms with Crippen LogP contribution in [0.2, 0.25) is 5.02 Å². The number of ether oxygens (including phenoxy) is 2. The highest BCUT2D eigenvalue weighted by atomic mass is 35.5. The predicted molar refractivity (Wildman–Crippen MR) is 102 cm³/mol. The van der Waals surface area contributed by atoms with Gasteiger partial charge in [-0.1, -0.05) is 48.7 Å². The molecule has 25 heavy (non-hydrogen) atoms.